The van der Waals surface area contributed by atoms with Crippen molar-refractivity contribution in [2.24, 2.45) is 0 Å². The number of piperidine rings is 1. The summed E-state index contributed by atoms with van der Waals surface area (Å²) in [6.07, 6.45) is 3.55. The summed E-state index contributed by atoms with van der Waals surface area (Å²) in [6.45, 7) is 11.8. The van der Waals surface area contributed by atoms with Gasteiger partial charge in [-0.05, 0) is 53.9 Å². The normalized spacial score (nSPS) is 28.7. The Morgan fingerprint density at radius 2 is 1.57 bits per heavy atom. The van der Waals surface area contributed by atoms with E-state index in [1.165, 1.54) is 19.3 Å². The van der Waals surface area contributed by atoms with Crippen LogP contribution in [0.1, 0.15) is 53.9 Å². The van der Waals surface area contributed by atoms with Crippen LogP contribution in [0.15, 0.2) is 0 Å². The lowest BCUT2D eigenvalue weighted by molar-refractivity contribution is -0.0508. The van der Waals surface area contributed by atoms with Gasteiger partial charge in [-0.3, -0.25) is 4.90 Å². The predicted molar refractivity (Wildman–Crippen MR) is 60.4 cm³/mol. The van der Waals surface area contributed by atoms with Gasteiger partial charge in [-0.15, -0.1) is 0 Å². The number of aliphatic hydroxyl groups excluding tert-OH is 1. The summed E-state index contributed by atoms with van der Waals surface area (Å²) < 4.78 is 0. The van der Waals surface area contributed by atoms with Crippen molar-refractivity contribution in [3.05, 3.63) is 0 Å². The minimum Gasteiger partial charge on any atom is -0.392 e. The molecule has 1 atom stereocenters. The van der Waals surface area contributed by atoms with Crippen LogP contribution >= 0.6 is 0 Å². The number of aliphatic hydroxyl groups is 1. The van der Waals surface area contributed by atoms with Crippen molar-refractivity contribution in [2.75, 3.05) is 6.54 Å². The first-order valence-corrected chi connectivity index (χ1v) is 5.71. The highest BCUT2D eigenvalue weighted by Gasteiger charge is 2.41. The lowest BCUT2D eigenvalue weighted by Gasteiger charge is -2.53. The minimum atomic E-state index is -0.230. The molecule has 1 N–H and O–H groups in total. The molecule has 0 radical (unpaired) electrons. The van der Waals surface area contributed by atoms with Gasteiger partial charge in [0.25, 0.3) is 0 Å². The number of rotatable bonds is 2. The van der Waals surface area contributed by atoms with Gasteiger partial charge in [-0.1, -0.05) is 0 Å². The Hall–Kier alpha value is -0.0800. The van der Waals surface area contributed by atoms with Crippen molar-refractivity contribution < 1.29 is 5.11 Å². The second-order valence-electron chi connectivity index (χ2n) is 5.94. The Morgan fingerprint density at radius 1 is 1.14 bits per heavy atom. The van der Waals surface area contributed by atoms with Crippen LogP contribution in [0.4, 0.5) is 0 Å². The predicted octanol–water partition coefficient (Wildman–Crippen LogP) is 2.41. The molecule has 2 nitrogen and oxygen atoms in total. The van der Waals surface area contributed by atoms with Gasteiger partial charge in [0.05, 0.1) is 6.10 Å². The van der Waals surface area contributed by atoms with E-state index in [1.54, 1.807) is 0 Å². The van der Waals surface area contributed by atoms with Gasteiger partial charge in [0.2, 0.25) is 0 Å². The molecule has 1 rings (SSSR count). The zero-order chi connectivity index (χ0) is 11.0. The average Bonchev–Trinajstić information content (AvgIpc) is 1.96. The van der Waals surface area contributed by atoms with Crippen LogP contribution < -0.4 is 0 Å². The fourth-order valence-corrected chi connectivity index (χ4v) is 2.80. The monoisotopic (exact) mass is 199 g/mol. The quantitative estimate of drug-likeness (QED) is 0.738. The van der Waals surface area contributed by atoms with Crippen LogP contribution in [0.2, 0.25) is 0 Å². The molecule has 0 aromatic carbocycles. The molecule has 0 aromatic heterocycles. The summed E-state index contributed by atoms with van der Waals surface area (Å²) in [4.78, 5) is 2.47. The summed E-state index contributed by atoms with van der Waals surface area (Å²) in [5.41, 5.74) is 0.470. The highest BCUT2D eigenvalue weighted by molar-refractivity contribution is 4.97. The topological polar surface area (TPSA) is 23.5 Å². The number of likely N-dealkylation sites (tertiary alicyclic amines) is 1. The van der Waals surface area contributed by atoms with Crippen LogP contribution in [-0.4, -0.2) is 33.7 Å². The third kappa shape index (κ3) is 2.48. The van der Waals surface area contributed by atoms with Crippen LogP contribution in [0.25, 0.3) is 0 Å². The van der Waals surface area contributed by atoms with E-state index < -0.39 is 0 Å². The summed E-state index contributed by atoms with van der Waals surface area (Å²) in [5.74, 6) is 0. The first-order valence-electron chi connectivity index (χ1n) is 5.71. The number of β-amino-alcohol motifs (C(OH)–C–C–N with tert-alkyl or cyclic N) is 1. The van der Waals surface area contributed by atoms with Crippen LogP contribution in [0, 0.1) is 0 Å². The first-order chi connectivity index (χ1) is 6.26. The molecule has 0 amide bonds. The Labute approximate surface area is 88.3 Å². The smallest absolute Gasteiger partial charge is 0.0639 e. The van der Waals surface area contributed by atoms with E-state index in [2.05, 4.69) is 32.6 Å². The highest BCUT2D eigenvalue weighted by Crippen LogP contribution is 2.37. The minimum absolute atomic E-state index is 0.230. The molecule has 1 heterocycles. The number of hydrogen-bond acceptors (Lipinski definition) is 2. The van der Waals surface area contributed by atoms with Crippen molar-refractivity contribution in [3.63, 3.8) is 0 Å². The second kappa shape index (κ2) is 3.82. The zero-order valence-corrected chi connectivity index (χ0v) is 10.3. The van der Waals surface area contributed by atoms with Gasteiger partial charge in [0.1, 0.15) is 0 Å². The van der Waals surface area contributed by atoms with Gasteiger partial charge in [0, 0.05) is 17.6 Å². The SMILES string of the molecule is CC(O)CN1C(C)(C)CCCC1(C)C. The molecule has 1 aliphatic rings. The molecule has 0 saturated carbocycles. The number of hydrogen-bond donors (Lipinski definition) is 1. The third-order valence-electron chi connectivity index (χ3n) is 3.49. The largest absolute Gasteiger partial charge is 0.392 e. The Bertz CT molecular complexity index is 180. The first kappa shape index (κ1) is 12.0. The maximum Gasteiger partial charge on any atom is 0.0639 e. The molecule has 0 aromatic rings. The van der Waals surface area contributed by atoms with Gasteiger partial charge in [-0.25, -0.2) is 0 Å². The van der Waals surface area contributed by atoms with E-state index in [4.69, 9.17) is 0 Å². The van der Waals surface area contributed by atoms with Crippen molar-refractivity contribution in [1.82, 2.24) is 4.90 Å². The highest BCUT2D eigenvalue weighted by atomic mass is 16.3. The van der Waals surface area contributed by atoms with Crippen molar-refractivity contribution >= 4 is 0 Å². The molecular weight excluding hydrogens is 174 g/mol. The molecule has 1 saturated heterocycles. The molecule has 0 spiro atoms. The fourth-order valence-electron chi connectivity index (χ4n) is 2.80. The van der Waals surface area contributed by atoms with E-state index in [1.807, 2.05) is 6.92 Å². The molecule has 0 aliphatic carbocycles. The molecule has 1 aliphatic heterocycles. The number of nitrogens with zero attached hydrogens (tertiary/aromatic N) is 1. The summed E-state index contributed by atoms with van der Waals surface area (Å²) in [6, 6.07) is 0. The average molecular weight is 199 g/mol. The summed E-state index contributed by atoms with van der Waals surface area (Å²) in [7, 11) is 0. The molecule has 1 unspecified atom stereocenters. The molecule has 2 heteroatoms. The summed E-state index contributed by atoms with van der Waals surface area (Å²) >= 11 is 0. The molecule has 14 heavy (non-hydrogen) atoms. The van der Waals surface area contributed by atoms with Crippen molar-refractivity contribution in [1.29, 1.82) is 0 Å². The lowest BCUT2D eigenvalue weighted by Crippen LogP contribution is -2.60. The van der Waals surface area contributed by atoms with Crippen molar-refractivity contribution in [2.45, 2.75) is 71.1 Å². The Balaban J connectivity index is 2.80. The van der Waals surface area contributed by atoms with E-state index in [0.717, 1.165) is 6.54 Å². The maximum absolute atomic E-state index is 9.53. The van der Waals surface area contributed by atoms with Gasteiger partial charge in [0.15, 0.2) is 0 Å². The maximum atomic E-state index is 9.53. The molecular formula is C12H25NO. The fraction of sp³-hybridized carbons (Fsp3) is 1.00. The lowest BCUT2D eigenvalue weighted by atomic mass is 9.79. The van der Waals surface area contributed by atoms with Crippen LogP contribution in [0.3, 0.4) is 0 Å². The van der Waals surface area contributed by atoms with E-state index >= 15 is 0 Å². The van der Waals surface area contributed by atoms with Crippen LogP contribution in [0.5, 0.6) is 0 Å². The van der Waals surface area contributed by atoms with Gasteiger partial charge in [-0.2, -0.15) is 0 Å². The van der Waals surface area contributed by atoms with E-state index in [9.17, 15) is 5.11 Å². The molecule has 0 bridgehead atoms. The van der Waals surface area contributed by atoms with Crippen LogP contribution in [-0.2, 0) is 0 Å². The van der Waals surface area contributed by atoms with E-state index in [-0.39, 0.29) is 17.2 Å². The van der Waals surface area contributed by atoms with E-state index in [0.29, 0.717) is 0 Å². The van der Waals surface area contributed by atoms with Crippen molar-refractivity contribution in [3.8, 4) is 0 Å². The van der Waals surface area contributed by atoms with Gasteiger partial charge >= 0.3 is 0 Å². The second-order valence-corrected chi connectivity index (χ2v) is 5.94. The molecule has 1 fully saturated rings. The molecule has 84 valence electrons. The van der Waals surface area contributed by atoms with Gasteiger partial charge < -0.3 is 5.11 Å². The Morgan fingerprint density at radius 3 is 1.93 bits per heavy atom. The zero-order valence-electron chi connectivity index (χ0n) is 10.3. The third-order valence-corrected chi connectivity index (χ3v) is 3.49. The summed E-state index contributed by atoms with van der Waals surface area (Å²) in [5, 5.41) is 9.53. The Kier molecular flexibility index (Phi) is 3.27. The standard InChI is InChI=1S/C12H25NO/c1-10(14)9-13-11(2,3)7-6-8-12(13,4)5/h10,14H,6-9H2,1-5H3.